The highest BCUT2D eigenvalue weighted by atomic mass is 16.5. The van der Waals surface area contributed by atoms with Gasteiger partial charge in [0.15, 0.2) is 5.90 Å². The summed E-state index contributed by atoms with van der Waals surface area (Å²) in [6, 6.07) is 0.389. The van der Waals surface area contributed by atoms with Gasteiger partial charge < -0.3 is 4.74 Å². The van der Waals surface area contributed by atoms with Crippen molar-refractivity contribution in [1.82, 2.24) is 0 Å². The molecule has 1 heterocycles. The first-order valence-electron chi connectivity index (χ1n) is 12.0. The summed E-state index contributed by atoms with van der Waals surface area (Å²) >= 11 is 0. The Bertz CT molecular complexity index is 326. The highest BCUT2D eigenvalue weighted by Gasteiger charge is 2.12. The third kappa shape index (κ3) is 14.6. The molecule has 0 amide bonds. The smallest absolute Gasteiger partial charge is 0.183 e. The van der Waals surface area contributed by atoms with E-state index in [2.05, 4.69) is 18.8 Å². The molecule has 1 rings (SSSR count). The van der Waals surface area contributed by atoms with Crippen LogP contribution in [-0.2, 0) is 4.74 Å². The van der Waals surface area contributed by atoms with Gasteiger partial charge in [-0.3, -0.25) is 0 Å². The Labute approximate surface area is 164 Å². The number of hydrogen-bond donors (Lipinski definition) is 0. The number of ether oxygens (including phenoxy) is 1. The van der Waals surface area contributed by atoms with E-state index in [0.717, 1.165) is 18.9 Å². The molecule has 0 aromatic carbocycles. The highest BCUT2D eigenvalue weighted by Crippen LogP contribution is 2.15. The Hall–Kier alpha value is -0.530. The van der Waals surface area contributed by atoms with E-state index in [9.17, 15) is 0 Å². The highest BCUT2D eigenvalue weighted by molar-refractivity contribution is 5.77. The van der Waals surface area contributed by atoms with Gasteiger partial charge in [0.2, 0.25) is 0 Å². The number of unbranched alkanes of at least 4 members (excludes halogenated alkanes) is 17. The van der Waals surface area contributed by atoms with Crippen molar-refractivity contribution in [2.75, 3.05) is 6.61 Å². The third-order valence-electron chi connectivity index (χ3n) is 5.60. The molecule has 26 heavy (non-hydrogen) atoms. The van der Waals surface area contributed by atoms with Crippen molar-refractivity contribution >= 4 is 5.90 Å². The molecule has 2 nitrogen and oxygen atoms in total. The average molecular weight is 366 g/mol. The first kappa shape index (κ1) is 23.5. The van der Waals surface area contributed by atoms with Gasteiger partial charge in [0.25, 0.3) is 0 Å². The lowest BCUT2D eigenvalue weighted by atomic mass is 10.0. The van der Waals surface area contributed by atoms with E-state index in [1.807, 2.05) is 0 Å². The monoisotopic (exact) mass is 365 g/mol. The lowest BCUT2D eigenvalue weighted by Gasteiger charge is -2.04. The topological polar surface area (TPSA) is 21.6 Å². The zero-order chi connectivity index (χ0) is 18.7. The fraction of sp³-hybridized carbons (Fsp3) is 0.958. The van der Waals surface area contributed by atoms with Crippen LogP contribution in [0.25, 0.3) is 0 Å². The molecule has 0 saturated heterocycles. The van der Waals surface area contributed by atoms with Crippen LogP contribution in [0.15, 0.2) is 4.99 Å². The Kier molecular flexibility index (Phi) is 16.2. The molecule has 0 N–H and O–H groups in total. The molecular formula is C24H47NO. The van der Waals surface area contributed by atoms with Crippen LogP contribution in [-0.4, -0.2) is 18.5 Å². The Morgan fingerprint density at radius 2 is 1.04 bits per heavy atom. The van der Waals surface area contributed by atoms with Crippen molar-refractivity contribution in [2.24, 2.45) is 4.99 Å². The molecule has 154 valence electrons. The molecule has 0 saturated carbocycles. The number of nitrogens with zero attached hydrogens (tertiary/aromatic N) is 1. The predicted octanol–water partition coefficient (Wildman–Crippen LogP) is 8.24. The van der Waals surface area contributed by atoms with Crippen molar-refractivity contribution in [1.29, 1.82) is 0 Å². The van der Waals surface area contributed by atoms with E-state index in [-0.39, 0.29) is 0 Å². The molecule has 0 bridgehead atoms. The Balaban J connectivity index is 1.67. The Morgan fingerprint density at radius 3 is 1.38 bits per heavy atom. The van der Waals surface area contributed by atoms with Gasteiger partial charge in [0.1, 0.15) is 6.61 Å². The van der Waals surface area contributed by atoms with Gasteiger partial charge in [0, 0.05) is 6.42 Å². The molecule has 0 fully saturated rings. The zero-order valence-electron chi connectivity index (χ0n) is 18.1. The van der Waals surface area contributed by atoms with E-state index in [1.165, 1.54) is 116 Å². The molecule has 1 atom stereocenters. The van der Waals surface area contributed by atoms with E-state index < -0.39 is 0 Å². The maximum atomic E-state index is 5.55. The van der Waals surface area contributed by atoms with E-state index >= 15 is 0 Å². The van der Waals surface area contributed by atoms with Crippen molar-refractivity contribution in [3.05, 3.63) is 0 Å². The van der Waals surface area contributed by atoms with E-state index in [0.29, 0.717) is 6.04 Å². The van der Waals surface area contributed by atoms with Crippen LogP contribution in [0.4, 0.5) is 0 Å². The minimum atomic E-state index is 0.389. The van der Waals surface area contributed by atoms with Gasteiger partial charge in [-0.25, -0.2) is 4.99 Å². The van der Waals surface area contributed by atoms with Gasteiger partial charge in [-0.2, -0.15) is 0 Å². The van der Waals surface area contributed by atoms with Gasteiger partial charge in [-0.05, 0) is 13.3 Å². The lowest BCUT2D eigenvalue weighted by molar-refractivity contribution is 0.314. The van der Waals surface area contributed by atoms with Crippen molar-refractivity contribution in [2.45, 2.75) is 142 Å². The van der Waals surface area contributed by atoms with Crippen LogP contribution in [0.5, 0.6) is 0 Å². The van der Waals surface area contributed by atoms with Gasteiger partial charge in [0.05, 0.1) is 6.04 Å². The summed E-state index contributed by atoms with van der Waals surface area (Å²) in [6.45, 7) is 5.22. The maximum Gasteiger partial charge on any atom is 0.183 e. The Morgan fingerprint density at radius 1 is 0.654 bits per heavy atom. The molecular weight excluding hydrogens is 318 g/mol. The molecule has 1 aliphatic rings. The van der Waals surface area contributed by atoms with Crippen LogP contribution in [0, 0.1) is 0 Å². The first-order valence-corrected chi connectivity index (χ1v) is 12.0. The van der Waals surface area contributed by atoms with Crippen LogP contribution in [0.2, 0.25) is 0 Å². The molecule has 0 aromatic rings. The number of rotatable bonds is 19. The summed E-state index contributed by atoms with van der Waals surface area (Å²) in [4.78, 5) is 4.50. The SMILES string of the molecule is CCCCCCCCCCCCCCCCCCCCC1=NC(C)CO1. The summed E-state index contributed by atoms with van der Waals surface area (Å²) in [6.07, 6.45) is 26.8. The minimum absolute atomic E-state index is 0.389. The molecule has 1 unspecified atom stereocenters. The summed E-state index contributed by atoms with van der Waals surface area (Å²) < 4.78 is 5.55. The predicted molar refractivity (Wildman–Crippen MR) is 116 cm³/mol. The molecule has 1 aliphatic heterocycles. The van der Waals surface area contributed by atoms with E-state index in [1.54, 1.807) is 0 Å². The van der Waals surface area contributed by atoms with Crippen molar-refractivity contribution < 1.29 is 4.74 Å². The maximum absolute atomic E-state index is 5.55. The second kappa shape index (κ2) is 17.9. The fourth-order valence-corrected chi connectivity index (χ4v) is 3.85. The standard InChI is InChI=1S/C24H47NO/c1-3-4-5-6-7-8-9-10-11-12-13-14-15-16-17-18-19-20-21-24-25-23(2)22-26-24/h23H,3-22H2,1-2H3. The quantitative estimate of drug-likeness (QED) is 0.211. The molecule has 0 radical (unpaired) electrons. The molecule has 2 heteroatoms. The largest absolute Gasteiger partial charge is 0.479 e. The van der Waals surface area contributed by atoms with Crippen molar-refractivity contribution in [3.63, 3.8) is 0 Å². The number of aliphatic imine (C=N–C) groups is 1. The zero-order valence-corrected chi connectivity index (χ0v) is 18.1. The first-order chi connectivity index (χ1) is 12.8. The van der Waals surface area contributed by atoms with Gasteiger partial charge >= 0.3 is 0 Å². The summed E-state index contributed by atoms with van der Waals surface area (Å²) in [5.41, 5.74) is 0. The van der Waals surface area contributed by atoms with Crippen LogP contribution < -0.4 is 0 Å². The van der Waals surface area contributed by atoms with E-state index in [4.69, 9.17) is 4.74 Å². The average Bonchev–Trinajstić information content (AvgIpc) is 3.06. The van der Waals surface area contributed by atoms with Crippen LogP contribution >= 0.6 is 0 Å². The van der Waals surface area contributed by atoms with Crippen LogP contribution in [0.3, 0.4) is 0 Å². The molecule has 0 aliphatic carbocycles. The van der Waals surface area contributed by atoms with Gasteiger partial charge in [-0.15, -0.1) is 0 Å². The minimum Gasteiger partial charge on any atom is -0.479 e. The molecule has 0 aromatic heterocycles. The van der Waals surface area contributed by atoms with Gasteiger partial charge in [-0.1, -0.05) is 116 Å². The summed E-state index contributed by atoms with van der Waals surface area (Å²) in [5.74, 6) is 1.01. The lowest BCUT2D eigenvalue weighted by Crippen LogP contribution is -2.00. The summed E-state index contributed by atoms with van der Waals surface area (Å²) in [7, 11) is 0. The normalized spacial score (nSPS) is 16.7. The second-order valence-electron chi connectivity index (χ2n) is 8.44. The molecule has 0 spiro atoms. The third-order valence-corrected chi connectivity index (χ3v) is 5.60. The van der Waals surface area contributed by atoms with Crippen molar-refractivity contribution in [3.8, 4) is 0 Å². The second-order valence-corrected chi connectivity index (χ2v) is 8.44. The van der Waals surface area contributed by atoms with Crippen LogP contribution in [0.1, 0.15) is 136 Å². The number of hydrogen-bond acceptors (Lipinski definition) is 2. The fourth-order valence-electron chi connectivity index (χ4n) is 3.85. The summed E-state index contributed by atoms with van der Waals surface area (Å²) in [5, 5.41) is 0.